The molecule has 0 aromatic heterocycles. The van der Waals surface area contributed by atoms with Gasteiger partial charge in [0.25, 0.3) is 0 Å². The fourth-order valence-electron chi connectivity index (χ4n) is 1.74. The highest BCUT2D eigenvalue weighted by atomic mass is 32.2. The molecule has 0 aliphatic heterocycles. The quantitative estimate of drug-likeness (QED) is 0.645. The van der Waals surface area contributed by atoms with Gasteiger partial charge in [0.15, 0.2) is 0 Å². The highest BCUT2D eigenvalue weighted by Gasteiger charge is 2.09. The first-order valence-corrected chi connectivity index (χ1v) is 7.98. The predicted octanol–water partition coefficient (Wildman–Crippen LogP) is -0.348. The average Bonchev–Trinajstić information content (AvgIpc) is 2.38. The van der Waals surface area contributed by atoms with Crippen molar-refractivity contribution in [3.63, 3.8) is 0 Å². The molecule has 3 N–H and O–H groups in total. The normalized spacial score (nSPS) is 13.4. The van der Waals surface area contributed by atoms with Crippen LogP contribution in [-0.4, -0.2) is 65.0 Å². The van der Waals surface area contributed by atoms with E-state index in [1.165, 1.54) is 19.2 Å². The Morgan fingerprint density at radius 2 is 1.95 bits per heavy atom. The van der Waals surface area contributed by atoms with Crippen LogP contribution < -0.4 is 9.88 Å². The van der Waals surface area contributed by atoms with Crippen LogP contribution in [0.1, 0.15) is 0 Å². The minimum absolute atomic E-state index is 0.0506. The van der Waals surface area contributed by atoms with Crippen molar-refractivity contribution < 1.29 is 23.0 Å². The second-order valence-corrected chi connectivity index (χ2v) is 6.30. The standard InChI is InChI=1S/C13H22N2O5S/c1-15(9-11(16)10-19-2)7-8-20-12-3-5-13(6-4-12)21(14,17)18/h3-6,11,16H,7-10H2,1-2H3,(H2,14,17,18). The third-order valence-electron chi connectivity index (χ3n) is 2.78. The lowest BCUT2D eigenvalue weighted by atomic mass is 10.3. The monoisotopic (exact) mass is 318 g/mol. The molecular weight excluding hydrogens is 296 g/mol. The average molecular weight is 318 g/mol. The topological polar surface area (TPSA) is 102 Å². The number of likely N-dealkylation sites (N-methyl/N-ethyl adjacent to an activating group) is 1. The maximum absolute atomic E-state index is 11.1. The molecule has 0 bridgehead atoms. The molecule has 1 aromatic rings. The molecule has 0 aliphatic carbocycles. The van der Waals surface area contributed by atoms with Crippen molar-refractivity contribution in [3.05, 3.63) is 24.3 Å². The summed E-state index contributed by atoms with van der Waals surface area (Å²) in [6.07, 6.45) is -0.533. The summed E-state index contributed by atoms with van der Waals surface area (Å²) in [7, 11) is -0.269. The Labute approximate surface area is 125 Å². The summed E-state index contributed by atoms with van der Waals surface area (Å²) in [5, 5.41) is 14.6. The van der Waals surface area contributed by atoms with E-state index in [0.717, 1.165) is 0 Å². The number of rotatable bonds is 9. The zero-order chi connectivity index (χ0) is 15.9. The minimum Gasteiger partial charge on any atom is -0.492 e. The van der Waals surface area contributed by atoms with E-state index >= 15 is 0 Å². The third kappa shape index (κ3) is 6.87. The first kappa shape index (κ1) is 17.9. The first-order chi connectivity index (χ1) is 9.82. The summed E-state index contributed by atoms with van der Waals surface area (Å²) in [5.74, 6) is 0.563. The van der Waals surface area contributed by atoms with E-state index in [4.69, 9.17) is 14.6 Å². The number of aliphatic hydroxyl groups is 1. The van der Waals surface area contributed by atoms with Crippen LogP contribution in [0.5, 0.6) is 5.75 Å². The summed E-state index contributed by atoms with van der Waals surface area (Å²) in [5.41, 5.74) is 0. The number of sulfonamides is 1. The van der Waals surface area contributed by atoms with Crippen LogP contribution in [0, 0.1) is 0 Å². The summed E-state index contributed by atoms with van der Waals surface area (Å²) >= 11 is 0. The molecule has 0 aliphatic rings. The maximum atomic E-state index is 11.1. The first-order valence-electron chi connectivity index (χ1n) is 6.44. The molecule has 1 aromatic carbocycles. The van der Waals surface area contributed by atoms with Gasteiger partial charge in [0, 0.05) is 20.2 Å². The molecule has 1 atom stereocenters. The zero-order valence-electron chi connectivity index (χ0n) is 12.2. The number of nitrogens with two attached hydrogens (primary N) is 1. The lowest BCUT2D eigenvalue weighted by Crippen LogP contribution is -2.34. The number of benzene rings is 1. The Hall–Kier alpha value is -1.19. The number of hydrogen-bond acceptors (Lipinski definition) is 6. The lowest BCUT2D eigenvalue weighted by molar-refractivity contribution is 0.0410. The molecule has 8 heteroatoms. The maximum Gasteiger partial charge on any atom is 0.238 e. The molecule has 0 radical (unpaired) electrons. The summed E-state index contributed by atoms with van der Waals surface area (Å²) in [6.45, 7) is 1.82. The van der Waals surface area contributed by atoms with Crippen LogP contribution in [0.15, 0.2) is 29.2 Å². The van der Waals surface area contributed by atoms with Crippen molar-refractivity contribution in [1.82, 2.24) is 4.90 Å². The van der Waals surface area contributed by atoms with Gasteiger partial charge in [-0.2, -0.15) is 0 Å². The van der Waals surface area contributed by atoms with Crippen molar-refractivity contribution in [1.29, 1.82) is 0 Å². The van der Waals surface area contributed by atoms with Crippen molar-refractivity contribution in [2.45, 2.75) is 11.0 Å². The molecule has 0 amide bonds. The van der Waals surface area contributed by atoms with E-state index < -0.39 is 16.1 Å². The molecule has 0 fully saturated rings. The van der Waals surface area contributed by atoms with Gasteiger partial charge >= 0.3 is 0 Å². The van der Waals surface area contributed by atoms with E-state index in [2.05, 4.69) is 0 Å². The van der Waals surface area contributed by atoms with Gasteiger partial charge in [0.05, 0.1) is 17.6 Å². The van der Waals surface area contributed by atoms with Crippen LogP contribution >= 0.6 is 0 Å². The van der Waals surface area contributed by atoms with Crippen LogP contribution in [0.3, 0.4) is 0 Å². The molecule has 0 saturated carbocycles. The number of primary sulfonamides is 1. The molecule has 0 saturated heterocycles. The Bertz CT molecular complexity index is 518. The zero-order valence-corrected chi connectivity index (χ0v) is 13.0. The highest BCUT2D eigenvalue weighted by molar-refractivity contribution is 7.89. The van der Waals surface area contributed by atoms with Gasteiger partial charge in [-0.3, -0.25) is 0 Å². The van der Waals surface area contributed by atoms with Crippen molar-refractivity contribution in [2.24, 2.45) is 5.14 Å². The van der Waals surface area contributed by atoms with Gasteiger partial charge in [0.1, 0.15) is 12.4 Å². The van der Waals surface area contributed by atoms with E-state index in [1.54, 1.807) is 12.1 Å². The Morgan fingerprint density at radius 3 is 2.48 bits per heavy atom. The molecule has 7 nitrogen and oxygen atoms in total. The lowest BCUT2D eigenvalue weighted by Gasteiger charge is -2.20. The SMILES string of the molecule is COCC(O)CN(C)CCOc1ccc(S(N)(=O)=O)cc1. The van der Waals surface area contributed by atoms with E-state index in [1.807, 2.05) is 11.9 Å². The molecule has 1 unspecified atom stereocenters. The number of hydrogen-bond donors (Lipinski definition) is 2. The second kappa shape index (κ2) is 8.30. The predicted molar refractivity (Wildman–Crippen MR) is 78.7 cm³/mol. The summed E-state index contributed by atoms with van der Waals surface area (Å²) in [6, 6.07) is 5.91. The van der Waals surface area contributed by atoms with Gasteiger partial charge in [-0.05, 0) is 31.3 Å². The number of aliphatic hydroxyl groups excluding tert-OH is 1. The fourth-order valence-corrected chi connectivity index (χ4v) is 2.26. The molecule has 120 valence electrons. The van der Waals surface area contributed by atoms with Gasteiger partial charge < -0.3 is 19.5 Å². The van der Waals surface area contributed by atoms with Crippen LogP contribution in [0.25, 0.3) is 0 Å². The minimum atomic E-state index is -3.68. The van der Waals surface area contributed by atoms with Gasteiger partial charge in [-0.25, -0.2) is 13.6 Å². The molecule has 0 spiro atoms. The fraction of sp³-hybridized carbons (Fsp3) is 0.538. The smallest absolute Gasteiger partial charge is 0.238 e. The van der Waals surface area contributed by atoms with Crippen molar-refractivity contribution in [2.75, 3.05) is 40.5 Å². The Kier molecular flexibility index (Phi) is 7.06. The number of nitrogens with zero attached hydrogens (tertiary/aromatic N) is 1. The van der Waals surface area contributed by atoms with Gasteiger partial charge in [0.2, 0.25) is 10.0 Å². The van der Waals surface area contributed by atoms with Crippen LogP contribution in [0.4, 0.5) is 0 Å². The van der Waals surface area contributed by atoms with Crippen LogP contribution in [-0.2, 0) is 14.8 Å². The third-order valence-corrected chi connectivity index (χ3v) is 3.70. The second-order valence-electron chi connectivity index (χ2n) is 4.74. The Morgan fingerprint density at radius 1 is 1.33 bits per heavy atom. The molecule has 1 rings (SSSR count). The number of methoxy groups -OCH3 is 1. The molecular formula is C13H22N2O5S. The molecule has 21 heavy (non-hydrogen) atoms. The van der Waals surface area contributed by atoms with Gasteiger partial charge in [-0.15, -0.1) is 0 Å². The summed E-state index contributed by atoms with van der Waals surface area (Å²) in [4.78, 5) is 1.97. The van der Waals surface area contributed by atoms with E-state index in [-0.39, 0.29) is 4.90 Å². The van der Waals surface area contributed by atoms with Crippen LogP contribution in [0.2, 0.25) is 0 Å². The highest BCUT2D eigenvalue weighted by Crippen LogP contribution is 2.14. The van der Waals surface area contributed by atoms with Crippen molar-refractivity contribution >= 4 is 10.0 Å². The van der Waals surface area contributed by atoms with Crippen molar-refractivity contribution in [3.8, 4) is 5.75 Å². The van der Waals surface area contributed by atoms with E-state index in [9.17, 15) is 13.5 Å². The Balaban J connectivity index is 2.36. The molecule has 0 heterocycles. The summed E-state index contributed by atoms with van der Waals surface area (Å²) < 4.78 is 32.5. The largest absolute Gasteiger partial charge is 0.492 e. The number of ether oxygens (including phenoxy) is 2. The van der Waals surface area contributed by atoms with E-state index in [0.29, 0.717) is 32.1 Å². The van der Waals surface area contributed by atoms with Gasteiger partial charge in [-0.1, -0.05) is 0 Å².